The molecule has 1 aromatic heterocycles. The van der Waals surface area contributed by atoms with Crippen LogP contribution in [-0.4, -0.2) is 45.8 Å². The van der Waals surface area contributed by atoms with Gasteiger partial charge in [0, 0.05) is 29.9 Å². The zero-order chi connectivity index (χ0) is 24.6. The number of alkyl carbamates (subject to hydrolysis) is 1. The van der Waals surface area contributed by atoms with Gasteiger partial charge in [0.05, 0.1) is 11.1 Å². The smallest absolute Gasteiger partial charge is 0.416 e. The van der Waals surface area contributed by atoms with E-state index < -0.39 is 35.0 Å². The van der Waals surface area contributed by atoms with Crippen LogP contribution in [0.2, 0.25) is 0 Å². The van der Waals surface area contributed by atoms with Gasteiger partial charge in [-0.2, -0.15) is 18.2 Å². The first kappa shape index (κ1) is 24.8. The fourth-order valence-electron chi connectivity index (χ4n) is 3.46. The van der Waals surface area contributed by atoms with E-state index in [1.54, 1.807) is 31.5 Å². The lowest BCUT2D eigenvalue weighted by Crippen LogP contribution is -2.50. The average molecular weight is 485 g/mol. The lowest BCUT2D eigenvalue weighted by molar-refractivity contribution is -0.137. The van der Waals surface area contributed by atoms with Gasteiger partial charge in [-0.1, -0.05) is 0 Å². The Hall–Kier alpha value is -2.82. The highest BCUT2D eigenvalue weighted by molar-refractivity contribution is 7.09. The van der Waals surface area contributed by atoms with Crippen molar-refractivity contribution in [1.29, 1.82) is 0 Å². The van der Waals surface area contributed by atoms with Gasteiger partial charge in [0.15, 0.2) is 4.80 Å². The molecule has 0 radical (unpaired) electrons. The molecule has 0 spiro atoms. The number of carbonyl (C=O) groups is 2. The van der Waals surface area contributed by atoms with E-state index in [-0.39, 0.29) is 6.54 Å². The average Bonchev–Trinajstić information content (AvgIpc) is 3.22. The molecular weight excluding hydrogens is 457 g/mol. The van der Waals surface area contributed by atoms with Gasteiger partial charge in [-0.05, 0) is 65.3 Å². The van der Waals surface area contributed by atoms with Gasteiger partial charge in [-0.3, -0.25) is 4.57 Å². The highest BCUT2D eigenvalue weighted by Crippen LogP contribution is 2.29. The third-order valence-electron chi connectivity index (χ3n) is 4.98. The summed E-state index contributed by atoms with van der Waals surface area (Å²) in [6.07, 6.45) is -2.72. The first-order valence-electron chi connectivity index (χ1n) is 10.4. The minimum Gasteiger partial charge on any atom is -0.444 e. The molecule has 2 aromatic rings. The van der Waals surface area contributed by atoms with Crippen LogP contribution in [0.15, 0.2) is 35.5 Å². The lowest BCUT2D eigenvalue weighted by Gasteiger charge is -2.28. The molecular formula is C22H27F3N4O3S. The van der Waals surface area contributed by atoms with E-state index in [2.05, 4.69) is 10.3 Å². The van der Waals surface area contributed by atoms with Crippen LogP contribution in [-0.2, 0) is 10.9 Å². The fourth-order valence-corrected chi connectivity index (χ4v) is 4.28. The summed E-state index contributed by atoms with van der Waals surface area (Å²) >= 11 is 1.26. The van der Waals surface area contributed by atoms with E-state index in [9.17, 15) is 22.8 Å². The number of rotatable bonds is 2. The normalized spacial score (nSPS) is 19.6. The maximum absolute atomic E-state index is 12.9. The third kappa shape index (κ3) is 6.37. The summed E-state index contributed by atoms with van der Waals surface area (Å²) in [4.78, 5) is 31.9. The zero-order valence-electron chi connectivity index (χ0n) is 19.1. The number of amides is 3. The van der Waals surface area contributed by atoms with Crippen molar-refractivity contribution in [2.75, 3.05) is 13.1 Å². The molecule has 33 heavy (non-hydrogen) atoms. The van der Waals surface area contributed by atoms with Crippen LogP contribution in [0.5, 0.6) is 0 Å². The van der Waals surface area contributed by atoms with Crippen LogP contribution in [0.25, 0.3) is 5.69 Å². The number of halogens is 3. The maximum atomic E-state index is 12.9. The van der Waals surface area contributed by atoms with Crippen molar-refractivity contribution in [3.63, 3.8) is 0 Å². The molecule has 180 valence electrons. The summed E-state index contributed by atoms with van der Waals surface area (Å²) < 4.78 is 45.5. The fraction of sp³-hybridized carbons (Fsp3) is 0.500. The number of carbonyl (C=O) groups excluding carboxylic acids is 2. The predicted octanol–water partition coefficient (Wildman–Crippen LogP) is 4.88. The Labute approximate surface area is 193 Å². The summed E-state index contributed by atoms with van der Waals surface area (Å²) in [5.74, 6) is 0. The van der Waals surface area contributed by atoms with E-state index in [4.69, 9.17) is 4.74 Å². The van der Waals surface area contributed by atoms with Crippen molar-refractivity contribution < 1.29 is 27.5 Å². The van der Waals surface area contributed by atoms with Crippen molar-refractivity contribution in [1.82, 2.24) is 14.8 Å². The van der Waals surface area contributed by atoms with Crippen LogP contribution in [0.4, 0.5) is 22.8 Å². The van der Waals surface area contributed by atoms with Crippen LogP contribution in [0.1, 0.15) is 44.6 Å². The van der Waals surface area contributed by atoms with Crippen molar-refractivity contribution in [2.45, 2.75) is 58.4 Å². The second kappa shape index (κ2) is 8.85. The Morgan fingerprint density at radius 2 is 1.82 bits per heavy atom. The van der Waals surface area contributed by atoms with Crippen molar-refractivity contribution in [2.24, 2.45) is 4.99 Å². The standard InChI is InChI=1S/C22H27F3N4O3S/c1-14-12-29(16-8-6-15(7-9-16)22(23,24)25)18(33-14)26-17(30)28-11-10-21(5,13-28)27-19(31)32-20(2,3)4/h6-9,12H,10-11,13H2,1-5H3,(H,27,31)/t21-/m1/s1. The molecule has 2 heterocycles. The minimum absolute atomic E-state index is 0.263. The quantitative estimate of drug-likeness (QED) is 0.661. The SMILES string of the molecule is Cc1cn(-c2ccc(C(F)(F)F)cc2)c(=NC(=O)N2CC[C@@](C)(NC(=O)OC(C)(C)C)C2)s1. The number of benzene rings is 1. The highest BCUT2D eigenvalue weighted by Gasteiger charge is 2.38. The van der Waals surface area contributed by atoms with Gasteiger partial charge in [0.1, 0.15) is 5.60 Å². The summed E-state index contributed by atoms with van der Waals surface area (Å²) in [5, 5.41) is 2.83. The number of aryl methyl sites for hydroxylation is 1. The van der Waals surface area contributed by atoms with Crippen molar-refractivity contribution >= 4 is 23.5 Å². The number of aromatic nitrogens is 1. The molecule has 0 saturated carbocycles. The molecule has 1 fully saturated rings. The van der Waals surface area contributed by atoms with Crippen LogP contribution >= 0.6 is 11.3 Å². The van der Waals surface area contributed by atoms with Gasteiger partial charge in [0.25, 0.3) is 0 Å². The summed E-state index contributed by atoms with van der Waals surface area (Å²) in [5.41, 5.74) is -1.56. The molecule has 0 aliphatic carbocycles. The molecule has 1 N–H and O–H groups in total. The molecule has 3 rings (SSSR count). The third-order valence-corrected chi connectivity index (χ3v) is 5.88. The van der Waals surface area contributed by atoms with Gasteiger partial charge in [-0.25, -0.2) is 9.59 Å². The first-order valence-corrected chi connectivity index (χ1v) is 11.2. The Bertz CT molecular complexity index is 1100. The molecule has 11 heteroatoms. The second-order valence-electron chi connectivity index (χ2n) is 9.29. The van der Waals surface area contributed by atoms with E-state index in [1.165, 1.54) is 28.4 Å². The van der Waals surface area contributed by atoms with E-state index in [0.29, 0.717) is 23.5 Å². The molecule has 3 amide bonds. The van der Waals surface area contributed by atoms with Gasteiger partial charge in [0.2, 0.25) is 0 Å². The number of ether oxygens (including phenoxy) is 1. The summed E-state index contributed by atoms with van der Waals surface area (Å²) in [6.45, 7) is 9.64. The number of hydrogen-bond donors (Lipinski definition) is 1. The van der Waals surface area contributed by atoms with E-state index in [0.717, 1.165) is 17.0 Å². The molecule has 0 bridgehead atoms. The molecule has 1 saturated heterocycles. The van der Waals surface area contributed by atoms with Crippen LogP contribution in [0, 0.1) is 6.92 Å². The summed E-state index contributed by atoms with van der Waals surface area (Å²) in [7, 11) is 0. The maximum Gasteiger partial charge on any atom is 0.416 e. The van der Waals surface area contributed by atoms with Gasteiger partial charge in [-0.15, -0.1) is 11.3 Å². The van der Waals surface area contributed by atoms with Crippen LogP contribution < -0.4 is 10.1 Å². The number of thiazole rings is 1. The topological polar surface area (TPSA) is 75.9 Å². The number of hydrogen-bond acceptors (Lipinski definition) is 4. The highest BCUT2D eigenvalue weighted by atomic mass is 32.1. The second-order valence-corrected chi connectivity index (χ2v) is 10.5. The van der Waals surface area contributed by atoms with E-state index in [1.807, 2.05) is 13.8 Å². The molecule has 1 atom stereocenters. The monoisotopic (exact) mass is 484 g/mol. The number of nitrogens with one attached hydrogen (secondary N) is 1. The van der Waals surface area contributed by atoms with Crippen molar-refractivity contribution in [3.05, 3.63) is 45.7 Å². The first-order chi connectivity index (χ1) is 15.2. The van der Waals surface area contributed by atoms with Crippen LogP contribution in [0.3, 0.4) is 0 Å². The largest absolute Gasteiger partial charge is 0.444 e. The number of urea groups is 1. The number of nitrogens with zero attached hydrogens (tertiary/aromatic N) is 3. The molecule has 1 aromatic carbocycles. The Morgan fingerprint density at radius 1 is 1.18 bits per heavy atom. The van der Waals surface area contributed by atoms with E-state index >= 15 is 0 Å². The van der Waals surface area contributed by atoms with Gasteiger partial charge >= 0.3 is 18.3 Å². The Balaban J connectivity index is 1.77. The molecule has 1 aliphatic heterocycles. The molecule has 1 aliphatic rings. The minimum atomic E-state index is -4.42. The predicted molar refractivity (Wildman–Crippen MR) is 118 cm³/mol. The number of alkyl halides is 3. The lowest BCUT2D eigenvalue weighted by atomic mass is 10.0. The Morgan fingerprint density at radius 3 is 2.39 bits per heavy atom. The van der Waals surface area contributed by atoms with Crippen molar-refractivity contribution in [3.8, 4) is 5.69 Å². The zero-order valence-corrected chi connectivity index (χ0v) is 19.9. The van der Waals surface area contributed by atoms with Gasteiger partial charge < -0.3 is 15.0 Å². The molecule has 7 nitrogen and oxygen atoms in total. The number of likely N-dealkylation sites (tertiary alicyclic amines) is 1. The Kier molecular flexibility index (Phi) is 6.65. The summed E-state index contributed by atoms with van der Waals surface area (Å²) in [6, 6.07) is 4.20. The molecule has 0 unspecified atom stereocenters.